The van der Waals surface area contributed by atoms with Gasteiger partial charge in [-0.15, -0.1) is 0 Å². The Balaban J connectivity index is 2.06. The fourth-order valence-corrected chi connectivity index (χ4v) is 2.55. The maximum Gasteiger partial charge on any atom is 0.133 e. The molecule has 0 amide bonds. The van der Waals surface area contributed by atoms with Crippen molar-refractivity contribution in [2.75, 3.05) is 31.7 Å². The van der Waals surface area contributed by atoms with Gasteiger partial charge in [-0.25, -0.2) is 4.98 Å². The second-order valence-corrected chi connectivity index (χ2v) is 5.03. The second-order valence-electron chi connectivity index (χ2n) is 5.03. The molecule has 4 nitrogen and oxygen atoms in total. The lowest BCUT2D eigenvalue weighted by Gasteiger charge is -2.33. The van der Waals surface area contributed by atoms with Gasteiger partial charge in [0.05, 0.1) is 0 Å². The first kappa shape index (κ1) is 13.3. The number of piperidine rings is 1. The molecule has 1 aliphatic heterocycles. The van der Waals surface area contributed by atoms with Gasteiger partial charge in [-0.1, -0.05) is 6.07 Å². The highest BCUT2D eigenvalue weighted by Gasteiger charge is 2.21. The molecule has 4 heteroatoms. The molecule has 18 heavy (non-hydrogen) atoms. The van der Waals surface area contributed by atoms with E-state index in [1.165, 1.54) is 12.8 Å². The number of nitrogens with two attached hydrogens (primary N) is 1. The van der Waals surface area contributed by atoms with Gasteiger partial charge in [-0.3, -0.25) is 0 Å². The van der Waals surface area contributed by atoms with E-state index in [1.54, 1.807) is 7.11 Å². The molecule has 2 heterocycles. The molecule has 1 aromatic rings. The molecule has 0 saturated carbocycles. The number of nitrogens with zero attached hydrogens (tertiary/aromatic N) is 2. The van der Waals surface area contributed by atoms with Crippen LogP contribution in [0.5, 0.6) is 0 Å². The number of hydrogen-bond donors (Lipinski definition) is 1. The van der Waals surface area contributed by atoms with Crippen LogP contribution in [-0.4, -0.2) is 31.8 Å². The van der Waals surface area contributed by atoms with E-state index in [-0.39, 0.29) is 0 Å². The maximum absolute atomic E-state index is 5.80. The summed E-state index contributed by atoms with van der Waals surface area (Å²) in [5.41, 5.74) is 8.00. The highest BCUT2D eigenvalue weighted by molar-refractivity contribution is 5.48. The van der Waals surface area contributed by atoms with E-state index in [0.29, 0.717) is 12.5 Å². The third-order valence-electron chi connectivity index (χ3n) is 3.63. The standard InChI is InChI=1S/C14H23N3O/c1-11-3-4-13(9-15)14(16-11)17-7-5-12(6-8-17)10-18-2/h3-4,12H,5-10,15H2,1-2H3. The summed E-state index contributed by atoms with van der Waals surface area (Å²) in [5, 5.41) is 0. The lowest BCUT2D eigenvalue weighted by molar-refractivity contribution is 0.139. The highest BCUT2D eigenvalue weighted by atomic mass is 16.5. The van der Waals surface area contributed by atoms with Crippen molar-refractivity contribution in [2.45, 2.75) is 26.3 Å². The van der Waals surface area contributed by atoms with Crippen LogP contribution < -0.4 is 10.6 Å². The van der Waals surface area contributed by atoms with E-state index < -0.39 is 0 Å². The fourth-order valence-electron chi connectivity index (χ4n) is 2.55. The van der Waals surface area contributed by atoms with Gasteiger partial charge in [-0.2, -0.15) is 0 Å². The van der Waals surface area contributed by atoms with Crippen LogP contribution in [-0.2, 0) is 11.3 Å². The van der Waals surface area contributed by atoms with Crippen molar-refractivity contribution in [1.82, 2.24) is 4.98 Å². The number of aryl methyl sites for hydroxylation is 1. The minimum absolute atomic E-state index is 0.556. The molecule has 1 saturated heterocycles. The lowest BCUT2D eigenvalue weighted by Crippen LogP contribution is -2.36. The van der Waals surface area contributed by atoms with Crippen LogP contribution >= 0.6 is 0 Å². The van der Waals surface area contributed by atoms with Crippen LogP contribution in [0.4, 0.5) is 5.82 Å². The predicted octanol–water partition coefficient (Wildman–Crippen LogP) is 1.71. The van der Waals surface area contributed by atoms with Crippen LogP contribution in [0.15, 0.2) is 12.1 Å². The molecule has 0 atom stereocenters. The Morgan fingerprint density at radius 3 is 2.72 bits per heavy atom. The summed E-state index contributed by atoms with van der Waals surface area (Å²) in [4.78, 5) is 7.02. The van der Waals surface area contributed by atoms with Gasteiger partial charge in [0.25, 0.3) is 0 Å². The van der Waals surface area contributed by atoms with E-state index in [0.717, 1.165) is 36.8 Å². The monoisotopic (exact) mass is 249 g/mol. The average molecular weight is 249 g/mol. The summed E-state index contributed by atoms with van der Waals surface area (Å²) in [6.45, 7) is 5.57. The smallest absolute Gasteiger partial charge is 0.133 e. The van der Waals surface area contributed by atoms with Gasteiger partial charge in [0.2, 0.25) is 0 Å². The number of aromatic nitrogens is 1. The summed E-state index contributed by atoms with van der Waals surface area (Å²) in [5.74, 6) is 1.77. The highest BCUT2D eigenvalue weighted by Crippen LogP contribution is 2.25. The van der Waals surface area contributed by atoms with E-state index in [1.807, 2.05) is 13.0 Å². The zero-order valence-electron chi connectivity index (χ0n) is 11.4. The maximum atomic E-state index is 5.80. The lowest BCUT2D eigenvalue weighted by atomic mass is 9.97. The Morgan fingerprint density at radius 1 is 1.39 bits per heavy atom. The number of hydrogen-bond acceptors (Lipinski definition) is 4. The Bertz CT molecular complexity index is 387. The first-order valence-electron chi connectivity index (χ1n) is 6.65. The molecule has 2 rings (SSSR count). The minimum atomic E-state index is 0.556. The molecule has 1 aromatic heterocycles. The van der Waals surface area contributed by atoms with Gasteiger partial charge in [0.15, 0.2) is 0 Å². The van der Waals surface area contributed by atoms with E-state index >= 15 is 0 Å². The first-order chi connectivity index (χ1) is 8.74. The zero-order valence-corrected chi connectivity index (χ0v) is 11.4. The minimum Gasteiger partial charge on any atom is -0.384 e. The summed E-state index contributed by atoms with van der Waals surface area (Å²) < 4.78 is 5.23. The Morgan fingerprint density at radius 2 is 2.11 bits per heavy atom. The molecular formula is C14H23N3O. The average Bonchev–Trinajstić information content (AvgIpc) is 2.40. The second kappa shape index (κ2) is 6.16. The van der Waals surface area contributed by atoms with Gasteiger partial charge >= 0.3 is 0 Å². The van der Waals surface area contributed by atoms with Crippen molar-refractivity contribution >= 4 is 5.82 Å². The Hall–Kier alpha value is -1.13. The molecule has 1 aliphatic rings. The van der Waals surface area contributed by atoms with Gasteiger partial charge in [-0.05, 0) is 31.7 Å². The number of anilines is 1. The van der Waals surface area contributed by atoms with Crippen molar-refractivity contribution in [1.29, 1.82) is 0 Å². The SMILES string of the molecule is COCC1CCN(c2nc(C)ccc2CN)CC1. The molecule has 1 fully saturated rings. The molecule has 100 valence electrons. The van der Waals surface area contributed by atoms with E-state index in [2.05, 4.69) is 16.0 Å². The van der Waals surface area contributed by atoms with E-state index in [9.17, 15) is 0 Å². The Kier molecular flexibility index (Phi) is 4.55. The normalized spacial score (nSPS) is 17.2. The predicted molar refractivity (Wildman–Crippen MR) is 73.7 cm³/mol. The number of rotatable bonds is 4. The van der Waals surface area contributed by atoms with Crippen LogP contribution in [0.25, 0.3) is 0 Å². The molecule has 0 bridgehead atoms. The van der Waals surface area contributed by atoms with Gasteiger partial charge < -0.3 is 15.4 Å². The Labute approximate surface area is 109 Å². The fraction of sp³-hybridized carbons (Fsp3) is 0.643. The first-order valence-corrected chi connectivity index (χ1v) is 6.65. The molecule has 0 aromatic carbocycles. The van der Waals surface area contributed by atoms with Crippen molar-refractivity contribution in [3.05, 3.63) is 23.4 Å². The van der Waals surface area contributed by atoms with Crippen LogP contribution in [0.2, 0.25) is 0 Å². The van der Waals surface area contributed by atoms with Crippen LogP contribution in [0, 0.1) is 12.8 Å². The van der Waals surface area contributed by atoms with Gasteiger partial charge in [0, 0.05) is 44.6 Å². The molecule has 0 aliphatic carbocycles. The number of ether oxygens (including phenoxy) is 1. The van der Waals surface area contributed by atoms with Crippen molar-refractivity contribution < 1.29 is 4.74 Å². The summed E-state index contributed by atoms with van der Waals surface area (Å²) in [6.07, 6.45) is 2.35. The summed E-state index contributed by atoms with van der Waals surface area (Å²) in [7, 11) is 1.78. The van der Waals surface area contributed by atoms with Crippen LogP contribution in [0.3, 0.4) is 0 Å². The molecular weight excluding hydrogens is 226 g/mol. The quantitative estimate of drug-likeness (QED) is 0.882. The summed E-state index contributed by atoms with van der Waals surface area (Å²) in [6, 6.07) is 4.13. The van der Waals surface area contributed by atoms with Crippen molar-refractivity contribution in [3.63, 3.8) is 0 Å². The third-order valence-corrected chi connectivity index (χ3v) is 3.63. The summed E-state index contributed by atoms with van der Waals surface area (Å²) >= 11 is 0. The van der Waals surface area contributed by atoms with Gasteiger partial charge in [0.1, 0.15) is 5.82 Å². The molecule has 2 N–H and O–H groups in total. The number of pyridine rings is 1. The molecule has 0 spiro atoms. The topological polar surface area (TPSA) is 51.4 Å². The van der Waals surface area contributed by atoms with Crippen molar-refractivity contribution in [2.24, 2.45) is 11.7 Å². The van der Waals surface area contributed by atoms with Crippen molar-refractivity contribution in [3.8, 4) is 0 Å². The zero-order chi connectivity index (χ0) is 13.0. The number of methoxy groups -OCH3 is 1. The molecule has 0 radical (unpaired) electrons. The third kappa shape index (κ3) is 3.00. The van der Waals surface area contributed by atoms with Crippen LogP contribution in [0.1, 0.15) is 24.1 Å². The van der Waals surface area contributed by atoms with E-state index in [4.69, 9.17) is 10.5 Å². The molecule has 0 unspecified atom stereocenters. The largest absolute Gasteiger partial charge is 0.384 e.